The van der Waals surface area contributed by atoms with E-state index in [0.29, 0.717) is 6.04 Å². The third kappa shape index (κ3) is 5.38. The van der Waals surface area contributed by atoms with Crippen molar-refractivity contribution in [1.82, 2.24) is 5.32 Å². The lowest BCUT2D eigenvalue weighted by molar-refractivity contribution is 0.395. The van der Waals surface area contributed by atoms with Crippen molar-refractivity contribution in [2.75, 3.05) is 6.54 Å². The van der Waals surface area contributed by atoms with Crippen LogP contribution in [0, 0.1) is 9.49 Å². The minimum absolute atomic E-state index is 0.513. The van der Waals surface area contributed by atoms with Crippen molar-refractivity contribution in [1.29, 1.82) is 0 Å². The fourth-order valence-corrected chi connectivity index (χ4v) is 2.65. The molecule has 1 aromatic carbocycles. The van der Waals surface area contributed by atoms with Crippen LogP contribution in [0.2, 0.25) is 0 Å². The van der Waals surface area contributed by atoms with Gasteiger partial charge in [0.15, 0.2) is 0 Å². The predicted molar refractivity (Wildman–Crippen MR) is 84.3 cm³/mol. The number of hydrogen-bond acceptors (Lipinski definition) is 1. The van der Waals surface area contributed by atoms with Crippen LogP contribution in [0.4, 0.5) is 0 Å². The zero-order valence-corrected chi connectivity index (χ0v) is 13.3. The minimum Gasteiger partial charge on any atom is -0.310 e. The zero-order chi connectivity index (χ0) is 12.7. The molecule has 0 heterocycles. The molecule has 0 aliphatic rings. The van der Waals surface area contributed by atoms with Crippen LogP contribution in [-0.4, -0.2) is 6.54 Å². The molecule has 0 saturated carbocycles. The van der Waals surface area contributed by atoms with Crippen LogP contribution < -0.4 is 5.32 Å². The molecule has 0 fully saturated rings. The Morgan fingerprint density at radius 2 is 1.82 bits per heavy atom. The van der Waals surface area contributed by atoms with E-state index in [4.69, 9.17) is 0 Å². The Kier molecular flexibility index (Phi) is 7.12. The summed E-state index contributed by atoms with van der Waals surface area (Å²) < 4.78 is 1.31. The molecule has 0 saturated heterocycles. The Hall–Kier alpha value is -0.0900. The van der Waals surface area contributed by atoms with Crippen LogP contribution in [0.15, 0.2) is 24.3 Å². The summed E-state index contributed by atoms with van der Waals surface area (Å²) in [7, 11) is 0. The average molecular weight is 345 g/mol. The first-order valence-corrected chi connectivity index (χ1v) is 7.74. The van der Waals surface area contributed by atoms with Gasteiger partial charge in [0.25, 0.3) is 0 Å². The fourth-order valence-electron chi connectivity index (χ4n) is 2.29. The molecule has 1 rings (SSSR count). The normalized spacial score (nSPS) is 14.6. The zero-order valence-electron chi connectivity index (χ0n) is 11.2. The largest absolute Gasteiger partial charge is 0.310 e. The third-order valence-corrected chi connectivity index (χ3v) is 3.86. The standard InChI is InChI=1S/C15H24IN/c1-4-6-12(3)11-15(17-5-2)13-7-9-14(16)10-8-13/h7-10,12,15,17H,4-6,11H2,1-3H3. The van der Waals surface area contributed by atoms with Crippen LogP contribution in [0.25, 0.3) is 0 Å². The van der Waals surface area contributed by atoms with Crippen molar-refractivity contribution in [3.8, 4) is 0 Å². The summed E-state index contributed by atoms with van der Waals surface area (Å²) in [6.45, 7) is 7.85. The molecule has 0 spiro atoms. The molecule has 96 valence electrons. The van der Waals surface area contributed by atoms with E-state index in [1.54, 1.807) is 0 Å². The molecule has 2 atom stereocenters. The van der Waals surface area contributed by atoms with Crippen LogP contribution >= 0.6 is 22.6 Å². The van der Waals surface area contributed by atoms with Crippen LogP contribution in [0.3, 0.4) is 0 Å². The lowest BCUT2D eigenvalue weighted by atomic mass is 9.93. The van der Waals surface area contributed by atoms with E-state index in [1.165, 1.54) is 28.4 Å². The van der Waals surface area contributed by atoms with Crippen molar-refractivity contribution in [2.24, 2.45) is 5.92 Å². The Balaban J connectivity index is 2.67. The van der Waals surface area contributed by atoms with Crippen LogP contribution in [0.1, 0.15) is 51.6 Å². The second kappa shape index (κ2) is 8.09. The smallest absolute Gasteiger partial charge is 0.0322 e. The maximum atomic E-state index is 3.61. The number of benzene rings is 1. The Bertz CT molecular complexity index is 307. The van der Waals surface area contributed by atoms with E-state index < -0.39 is 0 Å². The lowest BCUT2D eigenvalue weighted by Crippen LogP contribution is -2.22. The SMILES string of the molecule is CCCC(C)CC(NCC)c1ccc(I)cc1. The van der Waals surface area contributed by atoms with Crippen LogP contribution in [-0.2, 0) is 0 Å². The lowest BCUT2D eigenvalue weighted by Gasteiger charge is -2.22. The van der Waals surface area contributed by atoms with Gasteiger partial charge < -0.3 is 5.32 Å². The van der Waals surface area contributed by atoms with E-state index in [9.17, 15) is 0 Å². The van der Waals surface area contributed by atoms with Crippen molar-refractivity contribution in [3.63, 3.8) is 0 Å². The Morgan fingerprint density at radius 3 is 2.35 bits per heavy atom. The first-order valence-electron chi connectivity index (χ1n) is 6.66. The molecule has 0 aromatic heterocycles. The Morgan fingerprint density at radius 1 is 1.18 bits per heavy atom. The van der Waals surface area contributed by atoms with Gasteiger partial charge in [0.2, 0.25) is 0 Å². The molecule has 1 nitrogen and oxygen atoms in total. The summed E-state index contributed by atoms with van der Waals surface area (Å²) in [4.78, 5) is 0. The van der Waals surface area contributed by atoms with Gasteiger partial charge in [0, 0.05) is 9.61 Å². The highest BCUT2D eigenvalue weighted by molar-refractivity contribution is 14.1. The highest BCUT2D eigenvalue weighted by atomic mass is 127. The van der Waals surface area contributed by atoms with Gasteiger partial charge in [-0.15, -0.1) is 0 Å². The van der Waals surface area contributed by atoms with Gasteiger partial charge in [-0.25, -0.2) is 0 Å². The molecule has 0 amide bonds. The molecule has 2 unspecified atom stereocenters. The molecular formula is C15H24IN. The quantitative estimate of drug-likeness (QED) is 0.702. The fraction of sp³-hybridized carbons (Fsp3) is 0.600. The first kappa shape index (κ1) is 15.0. The number of hydrogen-bond donors (Lipinski definition) is 1. The summed E-state index contributed by atoms with van der Waals surface area (Å²) in [5, 5.41) is 3.61. The average Bonchev–Trinajstić information content (AvgIpc) is 2.30. The summed E-state index contributed by atoms with van der Waals surface area (Å²) in [5.41, 5.74) is 1.43. The van der Waals surface area contributed by atoms with Gasteiger partial charge in [-0.1, -0.05) is 45.7 Å². The predicted octanol–water partition coefficient (Wildman–Crippen LogP) is 4.77. The number of nitrogens with one attached hydrogen (secondary N) is 1. The second-order valence-corrected chi connectivity index (χ2v) is 6.04. The molecule has 17 heavy (non-hydrogen) atoms. The van der Waals surface area contributed by atoms with Crippen molar-refractivity contribution in [3.05, 3.63) is 33.4 Å². The van der Waals surface area contributed by atoms with Gasteiger partial charge in [-0.2, -0.15) is 0 Å². The van der Waals surface area contributed by atoms with E-state index in [-0.39, 0.29) is 0 Å². The Labute approximate surface area is 120 Å². The molecule has 1 N–H and O–H groups in total. The van der Waals surface area contributed by atoms with Gasteiger partial charge in [0.05, 0.1) is 0 Å². The maximum Gasteiger partial charge on any atom is 0.0322 e. The molecule has 1 aromatic rings. The van der Waals surface area contributed by atoms with Crippen molar-refractivity contribution < 1.29 is 0 Å². The van der Waals surface area contributed by atoms with Gasteiger partial charge >= 0.3 is 0 Å². The minimum atomic E-state index is 0.513. The summed E-state index contributed by atoms with van der Waals surface area (Å²) >= 11 is 2.36. The maximum absolute atomic E-state index is 3.61. The molecule has 0 bridgehead atoms. The van der Waals surface area contributed by atoms with Gasteiger partial charge in [-0.3, -0.25) is 0 Å². The highest BCUT2D eigenvalue weighted by Gasteiger charge is 2.13. The molecule has 0 radical (unpaired) electrons. The van der Waals surface area contributed by atoms with Crippen molar-refractivity contribution in [2.45, 2.75) is 46.1 Å². The van der Waals surface area contributed by atoms with E-state index in [0.717, 1.165) is 12.5 Å². The third-order valence-electron chi connectivity index (χ3n) is 3.14. The second-order valence-electron chi connectivity index (χ2n) is 4.79. The summed E-state index contributed by atoms with van der Waals surface area (Å²) in [6, 6.07) is 9.43. The topological polar surface area (TPSA) is 12.0 Å². The summed E-state index contributed by atoms with van der Waals surface area (Å²) in [5.74, 6) is 0.795. The van der Waals surface area contributed by atoms with E-state index in [2.05, 4.69) is 72.9 Å². The molecule has 0 aliphatic heterocycles. The number of halogens is 1. The summed E-state index contributed by atoms with van der Waals surface area (Å²) in [6.07, 6.45) is 3.85. The van der Waals surface area contributed by atoms with Gasteiger partial charge in [0.1, 0.15) is 0 Å². The van der Waals surface area contributed by atoms with Gasteiger partial charge in [-0.05, 0) is 59.2 Å². The van der Waals surface area contributed by atoms with Crippen LogP contribution in [0.5, 0.6) is 0 Å². The van der Waals surface area contributed by atoms with E-state index in [1.807, 2.05) is 0 Å². The monoisotopic (exact) mass is 345 g/mol. The van der Waals surface area contributed by atoms with Crippen molar-refractivity contribution >= 4 is 22.6 Å². The van der Waals surface area contributed by atoms with E-state index >= 15 is 0 Å². The number of rotatable bonds is 7. The molecular weight excluding hydrogens is 321 g/mol. The highest BCUT2D eigenvalue weighted by Crippen LogP contribution is 2.24. The molecule has 0 aliphatic carbocycles. The first-order chi connectivity index (χ1) is 8.17. The molecule has 2 heteroatoms.